The minimum absolute atomic E-state index is 0.227. The Bertz CT molecular complexity index is 1230. The number of thioether (sulfide) groups is 1. The van der Waals surface area contributed by atoms with Crippen LogP contribution in [0.3, 0.4) is 0 Å². The molecule has 5 rings (SSSR count). The van der Waals surface area contributed by atoms with Crippen LogP contribution in [0, 0.1) is 0 Å². The first-order chi connectivity index (χ1) is 17.0. The zero-order valence-electron chi connectivity index (χ0n) is 19.1. The van der Waals surface area contributed by atoms with Gasteiger partial charge in [0.15, 0.2) is 0 Å². The maximum absolute atomic E-state index is 13.2. The number of fused-ring (bicyclic) bond motifs is 1. The van der Waals surface area contributed by atoms with Crippen molar-refractivity contribution in [2.45, 2.75) is 11.6 Å². The zero-order chi connectivity index (χ0) is 24.4. The first-order valence-electron chi connectivity index (χ1n) is 11.3. The number of carbonyl (C=O) groups is 1. The van der Waals surface area contributed by atoms with Crippen LogP contribution in [0.4, 0.5) is 23.0 Å². The summed E-state index contributed by atoms with van der Waals surface area (Å²) in [7, 11) is 1.93. The summed E-state index contributed by atoms with van der Waals surface area (Å²) >= 11 is 14.1. The molecule has 8 nitrogen and oxygen atoms in total. The van der Waals surface area contributed by atoms with Crippen LogP contribution >= 0.6 is 35.0 Å². The van der Waals surface area contributed by atoms with Gasteiger partial charge in [0.2, 0.25) is 5.95 Å². The van der Waals surface area contributed by atoms with Gasteiger partial charge >= 0.3 is 0 Å². The Balaban J connectivity index is 1.32. The highest BCUT2D eigenvalue weighted by atomic mass is 35.5. The second kappa shape index (κ2) is 10.6. The number of piperazine rings is 1. The highest BCUT2D eigenvalue weighted by Gasteiger charge is 2.30. The molecule has 0 spiro atoms. The third kappa shape index (κ3) is 5.19. The van der Waals surface area contributed by atoms with Gasteiger partial charge in [0.1, 0.15) is 5.03 Å². The molecule has 0 unspecified atom stereocenters. The van der Waals surface area contributed by atoms with Crippen LogP contribution in [0.2, 0.25) is 10.0 Å². The molecule has 3 N–H and O–H groups in total. The zero-order valence-corrected chi connectivity index (χ0v) is 21.5. The van der Waals surface area contributed by atoms with E-state index in [2.05, 4.69) is 43.0 Å². The Labute approximate surface area is 218 Å². The third-order valence-electron chi connectivity index (χ3n) is 6.01. The van der Waals surface area contributed by atoms with Crippen molar-refractivity contribution in [2.75, 3.05) is 54.6 Å². The molecule has 2 aromatic carbocycles. The average molecular weight is 530 g/mol. The van der Waals surface area contributed by atoms with Crippen molar-refractivity contribution in [1.29, 1.82) is 0 Å². The van der Waals surface area contributed by atoms with Crippen molar-refractivity contribution in [1.82, 2.24) is 20.2 Å². The first kappa shape index (κ1) is 24.1. The molecule has 2 aliphatic rings. The fourth-order valence-corrected chi connectivity index (χ4v) is 5.74. The molecule has 1 fully saturated rings. The summed E-state index contributed by atoms with van der Waals surface area (Å²) in [6.07, 6.45) is 1.55. The fourth-order valence-electron chi connectivity index (χ4n) is 4.19. The van der Waals surface area contributed by atoms with Crippen molar-refractivity contribution in [3.05, 3.63) is 63.8 Å². The lowest BCUT2D eigenvalue weighted by Gasteiger charge is -2.28. The van der Waals surface area contributed by atoms with Crippen LogP contribution in [-0.4, -0.2) is 59.9 Å². The Morgan fingerprint density at radius 2 is 1.91 bits per heavy atom. The van der Waals surface area contributed by atoms with E-state index >= 15 is 0 Å². The number of anilines is 4. The molecule has 0 atom stereocenters. The van der Waals surface area contributed by atoms with Gasteiger partial charge in [-0.2, -0.15) is 0 Å². The highest BCUT2D eigenvalue weighted by molar-refractivity contribution is 7.99. The molecule has 3 aromatic rings. The molecule has 0 aliphatic carbocycles. The number of rotatable bonds is 6. The van der Waals surface area contributed by atoms with E-state index in [0.29, 0.717) is 38.1 Å². The number of amides is 1. The first-order valence-corrected chi connectivity index (χ1v) is 13.0. The van der Waals surface area contributed by atoms with Crippen LogP contribution in [0.5, 0.6) is 0 Å². The summed E-state index contributed by atoms with van der Waals surface area (Å²) < 4.78 is 0. The van der Waals surface area contributed by atoms with Gasteiger partial charge in [0, 0.05) is 57.3 Å². The van der Waals surface area contributed by atoms with E-state index in [1.54, 1.807) is 29.3 Å². The SMILES string of the molecule is CNc1cc(Nc2ncc3c(n2)SCN(c2c(Cl)cccc2Cl)C3=O)ccc1CN1CCNCC1. The predicted octanol–water partition coefficient (Wildman–Crippen LogP) is 4.68. The maximum Gasteiger partial charge on any atom is 0.263 e. The van der Waals surface area contributed by atoms with Gasteiger partial charge in [-0.1, -0.05) is 47.1 Å². The van der Waals surface area contributed by atoms with E-state index < -0.39 is 0 Å². The lowest BCUT2D eigenvalue weighted by atomic mass is 10.1. The number of nitrogens with zero attached hydrogens (tertiary/aromatic N) is 4. The molecule has 0 saturated carbocycles. The summed E-state index contributed by atoms with van der Waals surface area (Å²) in [6.45, 7) is 5.03. The van der Waals surface area contributed by atoms with Crippen LogP contribution in [0.15, 0.2) is 47.6 Å². The molecule has 0 radical (unpaired) electrons. The molecule has 35 heavy (non-hydrogen) atoms. The largest absolute Gasteiger partial charge is 0.388 e. The van der Waals surface area contributed by atoms with E-state index in [0.717, 1.165) is 44.1 Å². The molecule has 1 saturated heterocycles. The number of hydrogen-bond acceptors (Lipinski definition) is 8. The number of para-hydroxylation sites is 1. The minimum Gasteiger partial charge on any atom is -0.388 e. The lowest BCUT2D eigenvalue weighted by Crippen LogP contribution is -2.42. The van der Waals surface area contributed by atoms with Gasteiger partial charge in [-0.3, -0.25) is 14.6 Å². The number of carbonyl (C=O) groups excluding carboxylic acids is 1. The van der Waals surface area contributed by atoms with Gasteiger partial charge in [-0.05, 0) is 29.8 Å². The molecular weight excluding hydrogens is 505 g/mol. The Hall–Kier alpha value is -2.56. The predicted molar refractivity (Wildman–Crippen MR) is 143 cm³/mol. The topological polar surface area (TPSA) is 85.4 Å². The summed E-state index contributed by atoms with van der Waals surface area (Å²) in [5.41, 5.74) is 4.09. The van der Waals surface area contributed by atoms with Crippen LogP contribution < -0.4 is 20.9 Å². The maximum atomic E-state index is 13.2. The normalized spacial score (nSPS) is 16.2. The van der Waals surface area contributed by atoms with Crippen molar-refractivity contribution < 1.29 is 4.79 Å². The summed E-state index contributed by atoms with van der Waals surface area (Å²) in [5.74, 6) is 0.566. The van der Waals surface area contributed by atoms with Gasteiger partial charge in [0.05, 0.1) is 27.2 Å². The molecule has 11 heteroatoms. The van der Waals surface area contributed by atoms with E-state index in [1.165, 1.54) is 17.3 Å². The standard InChI is InChI=1S/C24H25Cl2N7OS/c1-27-20-11-16(6-5-15(20)13-32-9-7-28-8-10-32)30-24-29-12-17-22(31-24)35-14-33(23(17)34)21-18(25)3-2-4-19(21)26/h2-6,11-12,27-28H,7-10,13-14H2,1H3,(H,29,30,31). The van der Waals surface area contributed by atoms with Crippen LogP contribution in [0.25, 0.3) is 0 Å². The number of halogens is 2. The van der Waals surface area contributed by atoms with Crippen molar-refractivity contribution in [3.63, 3.8) is 0 Å². The molecule has 3 heterocycles. The lowest BCUT2D eigenvalue weighted by molar-refractivity contribution is 0.0985. The quantitative estimate of drug-likeness (QED) is 0.396. The molecule has 1 aromatic heterocycles. The molecular formula is C24H25Cl2N7OS. The second-order valence-electron chi connectivity index (χ2n) is 8.26. The number of benzene rings is 2. The fraction of sp³-hybridized carbons (Fsp3) is 0.292. The molecule has 2 aliphatic heterocycles. The van der Waals surface area contributed by atoms with E-state index in [-0.39, 0.29) is 5.91 Å². The summed E-state index contributed by atoms with van der Waals surface area (Å²) in [5, 5.41) is 11.4. The molecule has 182 valence electrons. The molecule has 0 bridgehead atoms. The van der Waals surface area contributed by atoms with E-state index in [1.807, 2.05) is 13.1 Å². The number of aromatic nitrogens is 2. The van der Waals surface area contributed by atoms with Gasteiger partial charge in [-0.25, -0.2) is 9.97 Å². The van der Waals surface area contributed by atoms with Gasteiger partial charge in [0.25, 0.3) is 5.91 Å². The van der Waals surface area contributed by atoms with Gasteiger partial charge < -0.3 is 16.0 Å². The van der Waals surface area contributed by atoms with Crippen molar-refractivity contribution >= 4 is 63.9 Å². The van der Waals surface area contributed by atoms with E-state index in [4.69, 9.17) is 23.2 Å². The summed E-state index contributed by atoms with van der Waals surface area (Å²) in [4.78, 5) is 26.2. The Kier molecular flexibility index (Phi) is 7.31. The average Bonchev–Trinajstić information content (AvgIpc) is 2.87. The smallest absolute Gasteiger partial charge is 0.263 e. The van der Waals surface area contributed by atoms with Crippen LogP contribution in [-0.2, 0) is 6.54 Å². The van der Waals surface area contributed by atoms with Gasteiger partial charge in [-0.15, -0.1) is 0 Å². The monoisotopic (exact) mass is 529 g/mol. The highest BCUT2D eigenvalue weighted by Crippen LogP contribution is 2.39. The van der Waals surface area contributed by atoms with Crippen molar-refractivity contribution in [2.24, 2.45) is 0 Å². The summed E-state index contributed by atoms with van der Waals surface area (Å²) in [6, 6.07) is 11.4. The Morgan fingerprint density at radius 1 is 1.14 bits per heavy atom. The number of hydrogen-bond donors (Lipinski definition) is 3. The Morgan fingerprint density at radius 3 is 2.66 bits per heavy atom. The molecule has 1 amide bonds. The third-order valence-corrected chi connectivity index (χ3v) is 7.59. The van der Waals surface area contributed by atoms with Crippen molar-refractivity contribution in [3.8, 4) is 0 Å². The second-order valence-corrected chi connectivity index (χ2v) is 10.0. The number of nitrogens with one attached hydrogen (secondary N) is 3. The van der Waals surface area contributed by atoms with Crippen LogP contribution in [0.1, 0.15) is 15.9 Å². The van der Waals surface area contributed by atoms with E-state index in [9.17, 15) is 4.79 Å². The minimum atomic E-state index is -0.227.